The fourth-order valence-corrected chi connectivity index (χ4v) is 4.32. The van der Waals surface area contributed by atoms with E-state index in [0.29, 0.717) is 13.1 Å². The first-order valence-electron chi connectivity index (χ1n) is 5.68. The average Bonchev–Trinajstić information content (AvgIpc) is 2.61. The highest BCUT2D eigenvalue weighted by Crippen LogP contribution is 2.26. The van der Waals surface area contributed by atoms with Gasteiger partial charge in [-0.2, -0.15) is 16.1 Å². The monoisotopic (exact) mass is 288 g/mol. The second-order valence-corrected chi connectivity index (χ2v) is 7.25. The van der Waals surface area contributed by atoms with Crippen LogP contribution in [0.15, 0.2) is 23.1 Å². The van der Waals surface area contributed by atoms with E-state index >= 15 is 0 Å². The summed E-state index contributed by atoms with van der Waals surface area (Å²) in [5.74, 6) is 1.71. The topological polar surface area (TPSA) is 83.6 Å². The van der Waals surface area contributed by atoms with Crippen molar-refractivity contribution in [2.45, 2.75) is 11.3 Å². The number of nitrogens with zero attached hydrogens (tertiary/aromatic N) is 1. The third kappa shape index (κ3) is 2.73. The van der Waals surface area contributed by atoms with Gasteiger partial charge in [-0.1, -0.05) is 0 Å². The Labute approximate surface area is 111 Å². The lowest BCUT2D eigenvalue weighted by Crippen LogP contribution is -2.33. The van der Waals surface area contributed by atoms with Crippen molar-refractivity contribution in [3.05, 3.63) is 18.2 Å². The van der Waals surface area contributed by atoms with Crippen LogP contribution in [0.2, 0.25) is 0 Å². The zero-order valence-corrected chi connectivity index (χ0v) is 11.5. The molecule has 2 rings (SSSR count). The summed E-state index contributed by atoms with van der Waals surface area (Å²) >= 11 is 1.77. The van der Waals surface area contributed by atoms with E-state index in [9.17, 15) is 13.5 Å². The van der Waals surface area contributed by atoms with Crippen LogP contribution >= 0.6 is 11.8 Å². The number of hydrogen-bond donors (Lipinski definition) is 2. The van der Waals surface area contributed by atoms with Crippen molar-refractivity contribution >= 4 is 27.5 Å². The standard InChI is InChI=1S/C11H16N2O3S2/c12-10-8-9(2-3-11(10)14)18(15,16)13-4-1-6-17-7-5-13/h2-3,8,14H,1,4-7,12H2. The molecule has 1 aliphatic rings. The lowest BCUT2D eigenvalue weighted by atomic mass is 10.3. The molecule has 1 saturated heterocycles. The van der Waals surface area contributed by atoms with Crippen LogP contribution in [-0.4, -0.2) is 42.4 Å². The van der Waals surface area contributed by atoms with Gasteiger partial charge in [0.05, 0.1) is 10.6 Å². The van der Waals surface area contributed by atoms with Crippen molar-refractivity contribution in [1.29, 1.82) is 0 Å². The molecule has 0 unspecified atom stereocenters. The van der Waals surface area contributed by atoms with Crippen molar-refractivity contribution in [1.82, 2.24) is 4.31 Å². The summed E-state index contributed by atoms with van der Waals surface area (Å²) in [7, 11) is -3.50. The largest absolute Gasteiger partial charge is 0.506 e. The number of rotatable bonds is 2. The Morgan fingerprint density at radius 2 is 2.06 bits per heavy atom. The predicted octanol–water partition coefficient (Wildman–Crippen LogP) is 1.10. The predicted molar refractivity (Wildman–Crippen MR) is 73.2 cm³/mol. The first-order valence-corrected chi connectivity index (χ1v) is 8.27. The van der Waals surface area contributed by atoms with E-state index in [0.717, 1.165) is 17.9 Å². The Morgan fingerprint density at radius 3 is 2.78 bits per heavy atom. The third-order valence-electron chi connectivity index (χ3n) is 2.82. The number of sulfonamides is 1. The minimum absolute atomic E-state index is 0.0836. The lowest BCUT2D eigenvalue weighted by molar-refractivity contribution is 0.434. The molecule has 1 fully saturated rings. The molecule has 1 aliphatic heterocycles. The SMILES string of the molecule is Nc1cc(S(=O)(=O)N2CCCSCC2)ccc1O. The molecule has 3 N–H and O–H groups in total. The van der Waals surface area contributed by atoms with E-state index in [1.807, 2.05) is 0 Å². The summed E-state index contributed by atoms with van der Waals surface area (Å²) < 4.78 is 26.3. The molecule has 1 heterocycles. The Kier molecular flexibility index (Phi) is 4.04. The summed E-state index contributed by atoms with van der Waals surface area (Å²) in [5, 5.41) is 9.33. The highest BCUT2D eigenvalue weighted by atomic mass is 32.2. The van der Waals surface area contributed by atoms with Gasteiger partial charge in [-0.05, 0) is 30.4 Å². The van der Waals surface area contributed by atoms with Crippen LogP contribution in [0.3, 0.4) is 0 Å². The number of nitrogen functional groups attached to an aromatic ring is 1. The molecule has 5 nitrogen and oxygen atoms in total. The lowest BCUT2D eigenvalue weighted by Gasteiger charge is -2.19. The number of phenolic OH excluding ortho intramolecular Hbond substituents is 1. The molecule has 1 aromatic carbocycles. The van der Waals surface area contributed by atoms with Crippen LogP contribution < -0.4 is 5.73 Å². The number of nitrogens with two attached hydrogens (primary N) is 1. The van der Waals surface area contributed by atoms with Crippen molar-refractivity contribution < 1.29 is 13.5 Å². The summed E-state index contributed by atoms with van der Waals surface area (Å²) in [4.78, 5) is 0.143. The molecule has 0 spiro atoms. The molecular weight excluding hydrogens is 272 g/mol. The molecule has 100 valence electrons. The van der Waals surface area contributed by atoms with Crippen LogP contribution in [0.1, 0.15) is 6.42 Å². The van der Waals surface area contributed by atoms with Gasteiger partial charge in [0.25, 0.3) is 0 Å². The number of aromatic hydroxyl groups is 1. The summed E-state index contributed by atoms with van der Waals surface area (Å²) in [6.45, 7) is 1.06. The van der Waals surface area contributed by atoms with Gasteiger partial charge in [-0.15, -0.1) is 0 Å². The molecule has 0 amide bonds. The normalized spacial score (nSPS) is 18.4. The third-order valence-corrected chi connectivity index (χ3v) is 5.76. The summed E-state index contributed by atoms with van der Waals surface area (Å²) in [6, 6.07) is 4.01. The van der Waals surface area contributed by atoms with Gasteiger partial charge in [0.15, 0.2) is 0 Å². The second-order valence-electron chi connectivity index (χ2n) is 4.09. The van der Waals surface area contributed by atoms with E-state index in [1.54, 1.807) is 11.8 Å². The minimum atomic E-state index is -3.50. The number of thioether (sulfide) groups is 1. The van der Waals surface area contributed by atoms with Crippen molar-refractivity contribution in [2.75, 3.05) is 30.3 Å². The van der Waals surface area contributed by atoms with Gasteiger partial charge in [-0.25, -0.2) is 8.42 Å². The van der Waals surface area contributed by atoms with Gasteiger partial charge in [0.2, 0.25) is 10.0 Å². The van der Waals surface area contributed by atoms with Gasteiger partial charge in [0.1, 0.15) is 5.75 Å². The molecule has 0 atom stereocenters. The maximum atomic E-state index is 12.4. The van der Waals surface area contributed by atoms with Crippen LogP contribution in [0.5, 0.6) is 5.75 Å². The van der Waals surface area contributed by atoms with E-state index in [2.05, 4.69) is 0 Å². The molecule has 1 aromatic rings. The fraction of sp³-hybridized carbons (Fsp3) is 0.455. The number of benzene rings is 1. The Morgan fingerprint density at radius 1 is 1.28 bits per heavy atom. The van der Waals surface area contributed by atoms with E-state index in [1.165, 1.54) is 22.5 Å². The van der Waals surface area contributed by atoms with Gasteiger partial charge < -0.3 is 10.8 Å². The fourth-order valence-electron chi connectivity index (χ4n) is 1.81. The Hall–Kier alpha value is -0.920. The molecular formula is C11H16N2O3S2. The Balaban J connectivity index is 2.31. The maximum absolute atomic E-state index is 12.4. The highest BCUT2D eigenvalue weighted by Gasteiger charge is 2.25. The molecule has 0 aliphatic carbocycles. The number of hydrogen-bond acceptors (Lipinski definition) is 5. The maximum Gasteiger partial charge on any atom is 0.243 e. The van der Waals surface area contributed by atoms with Crippen LogP contribution in [0.4, 0.5) is 5.69 Å². The number of anilines is 1. The molecule has 7 heteroatoms. The number of phenols is 1. The van der Waals surface area contributed by atoms with Crippen molar-refractivity contribution in [3.8, 4) is 5.75 Å². The van der Waals surface area contributed by atoms with Gasteiger partial charge >= 0.3 is 0 Å². The zero-order valence-electron chi connectivity index (χ0n) is 9.87. The molecule has 18 heavy (non-hydrogen) atoms. The summed E-state index contributed by atoms with van der Waals surface area (Å²) in [5.41, 5.74) is 5.62. The highest BCUT2D eigenvalue weighted by molar-refractivity contribution is 7.99. The first-order chi connectivity index (χ1) is 8.51. The van der Waals surface area contributed by atoms with Gasteiger partial charge in [0, 0.05) is 18.8 Å². The average molecular weight is 288 g/mol. The molecule has 0 bridgehead atoms. The minimum Gasteiger partial charge on any atom is -0.506 e. The molecule has 0 radical (unpaired) electrons. The van der Waals surface area contributed by atoms with E-state index < -0.39 is 10.0 Å². The van der Waals surface area contributed by atoms with Crippen LogP contribution in [-0.2, 0) is 10.0 Å². The van der Waals surface area contributed by atoms with Crippen LogP contribution in [0, 0.1) is 0 Å². The van der Waals surface area contributed by atoms with E-state index in [-0.39, 0.29) is 16.3 Å². The smallest absolute Gasteiger partial charge is 0.243 e. The quantitative estimate of drug-likeness (QED) is 0.629. The van der Waals surface area contributed by atoms with Gasteiger partial charge in [-0.3, -0.25) is 0 Å². The van der Waals surface area contributed by atoms with Crippen LogP contribution in [0.25, 0.3) is 0 Å². The summed E-state index contributed by atoms with van der Waals surface area (Å²) in [6.07, 6.45) is 0.859. The Bertz CT molecular complexity index is 523. The molecule has 0 saturated carbocycles. The second kappa shape index (κ2) is 5.38. The first kappa shape index (κ1) is 13.5. The van der Waals surface area contributed by atoms with E-state index in [4.69, 9.17) is 5.73 Å². The van der Waals surface area contributed by atoms with Crippen molar-refractivity contribution in [2.24, 2.45) is 0 Å². The zero-order chi connectivity index (χ0) is 13.2. The van der Waals surface area contributed by atoms with Crippen molar-refractivity contribution in [3.63, 3.8) is 0 Å². The molecule has 0 aromatic heterocycles.